The molecule has 0 aliphatic carbocycles. The molecule has 0 unspecified atom stereocenters. The molecule has 15 heavy (non-hydrogen) atoms. The third-order valence-electron chi connectivity index (χ3n) is 2.19. The summed E-state index contributed by atoms with van der Waals surface area (Å²) in [6, 6.07) is 4.15. The molecule has 0 fully saturated rings. The first-order chi connectivity index (χ1) is 7.09. The van der Waals surface area contributed by atoms with E-state index in [9.17, 15) is 0 Å². The lowest BCUT2D eigenvalue weighted by molar-refractivity contribution is 0.632. The number of thioether (sulfide) groups is 1. The molecule has 2 nitrogen and oxygen atoms in total. The van der Waals surface area contributed by atoms with Crippen molar-refractivity contribution in [3.63, 3.8) is 0 Å². The number of hydrogen-bond donors (Lipinski definition) is 1. The Bertz CT molecular complexity index is 280. The second-order valence-electron chi connectivity index (χ2n) is 4.24. The van der Waals surface area contributed by atoms with Gasteiger partial charge in [0.15, 0.2) is 0 Å². The van der Waals surface area contributed by atoms with Crippen LogP contribution in [0, 0.1) is 5.92 Å². The van der Waals surface area contributed by atoms with Crippen molar-refractivity contribution in [2.45, 2.75) is 38.1 Å². The molecule has 0 aliphatic heterocycles. The minimum absolute atomic E-state index is 0.0275. The van der Waals surface area contributed by atoms with Gasteiger partial charge in [0, 0.05) is 17.1 Å². The van der Waals surface area contributed by atoms with Crippen LogP contribution in [0.3, 0.4) is 0 Å². The zero-order valence-corrected chi connectivity index (χ0v) is 10.6. The van der Waals surface area contributed by atoms with Gasteiger partial charge >= 0.3 is 0 Å². The molecule has 0 bridgehead atoms. The Morgan fingerprint density at radius 1 is 1.33 bits per heavy atom. The van der Waals surface area contributed by atoms with Crippen molar-refractivity contribution in [3.8, 4) is 0 Å². The topological polar surface area (TPSA) is 38.9 Å². The van der Waals surface area contributed by atoms with Gasteiger partial charge < -0.3 is 5.73 Å². The van der Waals surface area contributed by atoms with Crippen molar-refractivity contribution in [2.24, 2.45) is 11.7 Å². The van der Waals surface area contributed by atoms with E-state index >= 15 is 0 Å². The van der Waals surface area contributed by atoms with Gasteiger partial charge in [-0.15, -0.1) is 11.8 Å². The summed E-state index contributed by atoms with van der Waals surface area (Å²) in [5.74, 6) is 1.94. The highest BCUT2D eigenvalue weighted by molar-refractivity contribution is 7.99. The summed E-state index contributed by atoms with van der Waals surface area (Å²) in [5, 5.41) is 0. The lowest BCUT2D eigenvalue weighted by Gasteiger charge is -2.06. The van der Waals surface area contributed by atoms with Crippen molar-refractivity contribution >= 4 is 11.8 Å². The summed E-state index contributed by atoms with van der Waals surface area (Å²) >= 11 is 1.87. The molecule has 1 aromatic heterocycles. The number of nitrogens with two attached hydrogens (primary N) is 1. The van der Waals surface area contributed by atoms with Crippen LogP contribution in [0.15, 0.2) is 23.2 Å². The van der Waals surface area contributed by atoms with E-state index < -0.39 is 0 Å². The molecule has 1 heterocycles. The number of rotatable bonds is 5. The highest BCUT2D eigenvalue weighted by Gasteiger charge is 2.01. The van der Waals surface area contributed by atoms with E-state index in [-0.39, 0.29) is 6.04 Å². The quantitative estimate of drug-likeness (QED) is 0.780. The maximum Gasteiger partial charge on any atom is 0.0569 e. The first-order valence-corrected chi connectivity index (χ1v) is 6.42. The normalized spacial score (nSPS) is 13.1. The largest absolute Gasteiger partial charge is 0.323 e. The second-order valence-corrected chi connectivity index (χ2v) is 5.41. The highest BCUT2D eigenvalue weighted by atomic mass is 32.2. The smallest absolute Gasteiger partial charge is 0.0569 e. The van der Waals surface area contributed by atoms with Crippen molar-refractivity contribution in [1.29, 1.82) is 0 Å². The number of pyridine rings is 1. The van der Waals surface area contributed by atoms with Crippen molar-refractivity contribution in [2.75, 3.05) is 5.75 Å². The summed E-state index contributed by atoms with van der Waals surface area (Å²) in [5.41, 5.74) is 6.70. The molecule has 0 aromatic carbocycles. The fourth-order valence-corrected chi connectivity index (χ4v) is 2.28. The molecule has 0 aliphatic rings. The van der Waals surface area contributed by atoms with E-state index in [1.54, 1.807) is 0 Å². The van der Waals surface area contributed by atoms with E-state index in [1.807, 2.05) is 30.9 Å². The van der Waals surface area contributed by atoms with Crippen LogP contribution < -0.4 is 5.73 Å². The van der Waals surface area contributed by atoms with Crippen LogP contribution in [-0.2, 0) is 0 Å². The Kier molecular flexibility index (Phi) is 5.12. The van der Waals surface area contributed by atoms with Gasteiger partial charge in [0.2, 0.25) is 0 Å². The lowest BCUT2D eigenvalue weighted by atomic mass is 10.2. The SMILES string of the molecule is CC(C)CCSc1ccc([C@H](C)N)nc1. The summed E-state index contributed by atoms with van der Waals surface area (Å²) in [4.78, 5) is 5.57. The first-order valence-electron chi connectivity index (χ1n) is 5.44. The summed E-state index contributed by atoms with van der Waals surface area (Å²) in [7, 11) is 0. The molecule has 84 valence electrons. The van der Waals surface area contributed by atoms with Gasteiger partial charge in [-0.3, -0.25) is 4.98 Å². The Balaban J connectivity index is 2.43. The van der Waals surface area contributed by atoms with Gasteiger partial charge in [0.05, 0.1) is 5.69 Å². The summed E-state index contributed by atoms with van der Waals surface area (Å²) < 4.78 is 0. The predicted molar refractivity (Wildman–Crippen MR) is 67.0 cm³/mol. The summed E-state index contributed by atoms with van der Waals surface area (Å²) in [6.07, 6.45) is 3.17. The van der Waals surface area contributed by atoms with Crippen LogP contribution in [0.5, 0.6) is 0 Å². The standard InChI is InChI=1S/C12H20N2S/c1-9(2)6-7-15-11-4-5-12(10(3)13)14-8-11/h4-5,8-10H,6-7,13H2,1-3H3/t10-/m0/s1. The Morgan fingerprint density at radius 2 is 2.07 bits per heavy atom. The Hall–Kier alpha value is -0.540. The molecule has 1 rings (SSSR count). The van der Waals surface area contributed by atoms with Gasteiger partial charge in [0.1, 0.15) is 0 Å². The molecular weight excluding hydrogens is 204 g/mol. The monoisotopic (exact) mass is 224 g/mol. The maximum absolute atomic E-state index is 5.73. The maximum atomic E-state index is 5.73. The third kappa shape index (κ3) is 4.67. The highest BCUT2D eigenvalue weighted by Crippen LogP contribution is 2.20. The first kappa shape index (κ1) is 12.5. The molecule has 0 radical (unpaired) electrons. The third-order valence-corrected chi connectivity index (χ3v) is 3.20. The molecule has 0 saturated carbocycles. The minimum Gasteiger partial charge on any atom is -0.323 e. The van der Waals surface area contributed by atoms with E-state index in [4.69, 9.17) is 5.73 Å². The second kappa shape index (κ2) is 6.13. The fourth-order valence-electron chi connectivity index (χ4n) is 1.16. The van der Waals surface area contributed by atoms with Crippen LogP contribution in [0.2, 0.25) is 0 Å². The zero-order chi connectivity index (χ0) is 11.3. The molecule has 3 heteroatoms. The van der Waals surface area contributed by atoms with Crippen LogP contribution in [0.25, 0.3) is 0 Å². The van der Waals surface area contributed by atoms with Gasteiger partial charge in [-0.1, -0.05) is 13.8 Å². The Labute approximate surface area is 96.7 Å². The minimum atomic E-state index is 0.0275. The van der Waals surface area contributed by atoms with Crippen molar-refractivity contribution in [1.82, 2.24) is 4.98 Å². The molecule has 1 atom stereocenters. The number of aromatic nitrogens is 1. The van der Waals surface area contributed by atoms with Crippen LogP contribution in [-0.4, -0.2) is 10.7 Å². The molecule has 2 N–H and O–H groups in total. The lowest BCUT2D eigenvalue weighted by Crippen LogP contribution is -2.06. The fraction of sp³-hybridized carbons (Fsp3) is 0.583. The average molecular weight is 224 g/mol. The van der Waals surface area contributed by atoms with Gasteiger partial charge in [0.25, 0.3) is 0 Å². The number of hydrogen-bond acceptors (Lipinski definition) is 3. The predicted octanol–water partition coefficient (Wildman–Crippen LogP) is 3.24. The number of nitrogens with zero attached hydrogens (tertiary/aromatic N) is 1. The van der Waals surface area contributed by atoms with Gasteiger partial charge in [-0.05, 0) is 37.1 Å². The Morgan fingerprint density at radius 3 is 2.53 bits per heavy atom. The molecule has 0 spiro atoms. The van der Waals surface area contributed by atoms with Gasteiger partial charge in [-0.25, -0.2) is 0 Å². The van der Waals surface area contributed by atoms with Crippen LogP contribution >= 0.6 is 11.8 Å². The van der Waals surface area contributed by atoms with E-state index in [2.05, 4.69) is 24.9 Å². The molecule has 1 aromatic rings. The molecule has 0 saturated heterocycles. The van der Waals surface area contributed by atoms with E-state index in [1.165, 1.54) is 11.3 Å². The van der Waals surface area contributed by atoms with E-state index in [0.717, 1.165) is 17.4 Å². The molecular formula is C12H20N2S. The average Bonchev–Trinajstić information content (AvgIpc) is 2.18. The van der Waals surface area contributed by atoms with E-state index in [0.29, 0.717) is 0 Å². The molecule has 0 amide bonds. The van der Waals surface area contributed by atoms with Crippen molar-refractivity contribution < 1.29 is 0 Å². The van der Waals surface area contributed by atoms with Crippen LogP contribution in [0.1, 0.15) is 38.9 Å². The summed E-state index contributed by atoms with van der Waals surface area (Å²) in [6.45, 7) is 6.45. The van der Waals surface area contributed by atoms with Gasteiger partial charge in [-0.2, -0.15) is 0 Å². The van der Waals surface area contributed by atoms with Crippen molar-refractivity contribution in [3.05, 3.63) is 24.0 Å². The van der Waals surface area contributed by atoms with Crippen LogP contribution in [0.4, 0.5) is 0 Å². The zero-order valence-electron chi connectivity index (χ0n) is 9.73.